The average molecular weight is 311 g/mol. The second kappa shape index (κ2) is 5.80. The molecule has 0 bridgehead atoms. The van der Waals surface area contributed by atoms with Crippen molar-refractivity contribution < 1.29 is 22.9 Å². The van der Waals surface area contributed by atoms with Crippen molar-refractivity contribution >= 4 is 17.4 Å². The van der Waals surface area contributed by atoms with Gasteiger partial charge < -0.3 is 5.32 Å². The van der Waals surface area contributed by atoms with Crippen molar-refractivity contribution in [2.45, 2.75) is 6.92 Å². The van der Waals surface area contributed by atoms with Gasteiger partial charge in [0.05, 0.1) is 10.5 Å². The van der Waals surface area contributed by atoms with Crippen LogP contribution in [-0.4, -0.2) is 15.8 Å². The Kier molecular flexibility index (Phi) is 4.06. The van der Waals surface area contributed by atoms with Crippen LogP contribution in [0.2, 0.25) is 0 Å². The summed E-state index contributed by atoms with van der Waals surface area (Å²) in [5, 5.41) is 12.8. The number of aryl methyl sites for hydroxylation is 1. The molecule has 0 radical (unpaired) electrons. The van der Waals surface area contributed by atoms with Crippen LogP contribution in [0.25, 0.3) is 0 Å². The van der Waals surface area contributed by atoms with Gasteiger partial charge >= 0.3 is 0 Å². The number of nitro groups is 1. The maximum atomic E-state index is 13.5. The number of hydrogen-bond donors (Lipinski definition) is 1. The third-order valence-corrected chi connectivity index (χ3v) is 2.80. The van der Waals surface area contributed by atoms with Gasteiger partial charge in [0, 0.05) is 5.56 Å². The Morgan fingerprint density at radius 2 is 1.95 bits per heavy atom. The lowest BCUT2D eigenvalue weighted by Crippen LogP contribution is -2.16. The van der Waals surface area contributed by atoms with Crippen LogP contribution in [0.4, 0.5) is 24.7 Å². The van der Waals surface area contributed by atoms with Gasteiger partial charge in [0.25, 0.3) is 11.6 Å². The maximum absolute atomic E-state index is 13.5. The molecule has 1 aromatic heterocycles. The van der Waals surface area contributed by atoms with Crippen LogP contribution < -0.4 is 5.32 Å². The van der Waals surface area contributed by atoms with Gasteiger partial charge in [-0.2, -0.15) is 0 Å². The minimum absolute atomic E-state index is 0.0859. The van der Waals surface area contributed by atoms with Crippen LogP contribution in [0, 0.1) is 34.5 Å². The zero-order chi connectivity index (χ0) is 16.4. The summed E-state index contributed by atoms with van der Waals surface area (Å²) in [4.78, 5) is 25.4. The summed E-state index contributed by atoms with van der Waals surface area (Å²) in [6.07, 6.45) is 0.923. The smallest absolute Gasteiger partial charge is 0.290 e. The minimum Gasteiger partial charge on any atom is -0.306 e. The van der Waals surface area contributed by atoms with Gasteiger partial charge in [-0.1, -0.05) is 0 Å². The van der Waals surface area contributed by atoms with Gasteiger partial charge in [-0.15, -0.1) is 0 Å². The first-order valence-corrected chi connectivity index (χ1v) is 5.87. The molecule has 0 spiro atoms. The van der Waals surface area contributed by atoms with E-state index in [-0.39, 0.29) is 17.1 Å². The lowest BCUT2D eigenvalue weighted by molar-refractivity contribution is -0.385. The number of pyridine rings is 1. The van der Waals surface area contributed by atoms with E-state index in [1.165, 1.54) is 13.0 Å². The Bertz CT molecular complexity index is 781. The summed E-state index contributed by atoms with van der Waals surface area (Å²) in [6.45, 7) is 1.42. The predicted molar refractivity (Wildman–Crippen MR) is 69.9 cm³/mol. The lowest BCUT2D eigenvalue weighted by atomic mass is 10.2. The normalized spacial score (nSPS) is 10.4. The molecule has 0 aliphatic carbocycles. The number of hydrogen-bond acceptors (Lipinski definition) is 4. The SMILES string of the molecule is Cc1cc(NC(=O)c2ccc(F)c(F)c2F)ncc1[N+](=O)[O-]. The van der Waals surface area contributed by atoms with E-state index >= 15 is 0 Å². The summed E-state index contributed by atoms with van der Waals surface area (Å²) in [7, 11) is 0. The molecule has 2 aromatic rings. The summed E-state index contributed by atoms with van der Waals surface area (Å²) < 4.78 is 39.4. The highest BCUT2D eigenvalue weighted by molar-refractivity contribution is 6.04. The van der Waals surface area contributed by atoms with Gasteiger partial charge in [-0.25, -0.2) is 18.2 Å². The largest absolute Gasteiger partial charge is 0.306 e. The summed E-state index contributed by atoms with van der Waals surface area (Å²) in [5.41, 5.74) is -0.741. The Hall–Kier alpha value is -2.97. The minimum atomic E-state index is -1.76. The molecule has 0 atom stereocenters. The van der Waals surface area contributed by atoms with Crippen LogP contribution >= 0.6 is 0 Å². The second-order valence-electron chi connectivity index (χ2n) is 4.29. The topological polar surface area (TPSA) is 85.1 Å². The Labute approximate surface area is 121 Å². The van der Waals surface area contributed by atoms with Gasteiger partial charge in [0.1, 0.15) is 12.0 Å². The quantitative estimate of drug-likeness (QED) is 0.536. The van der Waals surface area contributed by atoms with Crippen molar-refractivity contribution in [3.8, 4) is 0 Å². The second-order valence-corrected chi connectivity index (χ2v) is 4.29. The first-order valence-electron chi connectivity index (χ1n) is 5.87. The predicted octanol–water partition coefficient (Wildman–Crippen LogP) is 2.97. The average Bonchev–Trinajstić information content (AvgIpc) is 2.44. The van der Waals surface area contributed by atoms with E-state index in [1.807, 2.05) is 0 Å². The molecule has 6 nitrogen and oxygen atoms in total. The highest BCUT2D eigenvalue weighted by Gasteiger charge is 2.20. The molecule has 2 rings (SSSR count). The molecule has 1 aromatic carbocycles. The van der Waals surface area contributed by atoms with Crippen LogP contribution in [0.3, 0.4) is 0 Å². The van der Waals surface area contributed by atoms with Crippen molar-refractivity contribution in [3.05, 3.63) is 63.1 Å². The molecule has 0 saturated heterocycles. The molecular weight excluding hydrogens is 303 g/mol. The van der Waals surface area contributed by atoms with Gasteiger partial charge in [-0.3, -0.25) is 14.9 Å². The number of aromatic nitrogens is 1. The molecule has 0 saturated carbocycles. The highest BCUT2D eigenvalue weighted by Crippen LogP contribution is 2.20. The van der Waals surface area contributed by atoms with Crippen LogP contribution in [0.1, 0.15) is 15.9 Å². The van der Waals surface area contributed by atoms with Gasteiger partial charge in [0.15, 0.2) is 17.5 Å². The lowest BCUT2D eigenvalue weighted by Gasteiger charge is -2.07. The summed E-state index contributed by atoms with van der Waals surface area (Å²) in [6, 6.07) is 2.59. The first kappa shape index (κ1) is 15.4. The van der Waals surface area contributed by atoms with E-state index in [1.54, 1.807) is 0 Å². The molecule has 0 unspecified atom stereocenters. The molecule has 114 valence electrons. The number of anilines is 1. The fourth-order valence-electron chi connectivity index (χ4n) is 1.69. The number of nitrogens with zero attached hydrogens (tertiary/aromatic N) is 2. The van der Waals surface area contributed by atoms with E-state index < -0.39 is 33.8 Å². The van der Waals surface area contributed by atoms with E-state index in [0.717, 1.165) is 12.3 Å². The summed E-state index contributed by atoms with van der Waals surface area (Å²) >= 11 is 0. The van der Waals surface area contributed by atoms with Crippen molar-refractivity contribution in [3.63, 3.8) is 0 Å². The zero-order valence-electron chi connectivity index (χ0n) is 11.1. The summed E-state index contributed by atoms with van der Waals surface area (Å²) in [5.74, 6) is -5.95. The van der Waals surface area contributed by atoms with Crippen molar-refractivity contribution in [1.82, 2.24) is 4.98 Å². The molecule has 9 heteroatoms. The number of rotatable bonds is 3. The third-order valence-electron chi connectivity index (χ3n) is 2.80. The standard InChI is InChI=1S/C13H8F3N3O3/c1-6-4-10(17-5-9(6)19(21)22)18-13(20)7-2-3-8(14)12(16)11(7)15/h2-5H,1H3,(H,17,18,20). The van der Waals surface area contributed by atoms with Crippen molar-refractivity contribution in [1.29, 1.82) is 0 Å². The third kappa shape index (κ3) is 2.87. The van der Waals surface area contributed by atoms with Crippen LogP contribution in [0.15, 0.2) is 24.4 Å². The highest BCUT2D eigenvalue weighted by atomic mass is 19.2. The molecule has 1 heterocycles. The fraction of sp³-hybridized carbons (Fsp3) is 0.0769. The molecule has 1 amide bonds. The van der Waals surface area contributed by atoms with Crippen molar-refractivity contribution in [2.75, 3.05) is 5.32 Å². The first-order chi connectivity index (χ1) is 10.3. The Balaban J connectivity index is 2.28. The van der Waals surface area contributed by atoms with E-state index in [4.69, 9.17) is 0 Å². The van der Waals surface area contributed by atoms with E-state index in [0.29, 0.717) is 6.07 Å². The molecule has 0 aliphatic rings. The van der Waals surface area contributed by atoms with Crippen LogP contribution in [0.5, 0.6) is 0 Å². The Morgan fingerprint density at radius 3 is 2.55 bits per heavy atom. The fourth-order valence-corrected chi connectivity index (χ4v) is 1.69. The van der Waals surface area contributed by atoms with E-state index in [9.17, 15) is 28.1 Å². The number of benzene rings is 1. The molecule has 0 fully saturated rings. The Morgan fingerprint density at radius 1 is 1.27 bits per heavy atom. The molecule has 0 aliphatic heterocycles. The molecular formula is C13H8F3N3O3. The monoisotopic (exact) mass is 311 g/mol. The maximum Gasteiger partial charge on any atom is 0.290 e. The number of carbonyl (C=O) groups is 1. The van der Waals surface area contributed by atoms with Crippen molar-refractivity contribution in [2.24, 2.45) is 0 Å². The zero-order valence-corrected chi connectivity index (χ0v) is 11.1. The van der Waals surface area contributed by atoms with E-state index in [2.05, 4.69) is 10.3 Å². The number of nitrogens with one attached hydrogen (secondary N) is 1. The number of amides is 1. The number of halogens is 3. The van der Waals surface area contributed by atoms with Gasteiger partial charge in [0.2, 0.25) is 0 Å². The van der Waals surface area contributed by atoms with Gasteiger partial charge in [-0.05, 0) is 25.1 Å². The number of carbonyl (C=O) groups excluding carboxylic acids is 1. The van der Waals surface area contributed by atoms with Crippen LogP contribution in [-0.2, 0) is 0 Å². The molecule has 1 N–H and O–H groups in total. The molecule has 22 heavy (non-hydrogen) atoms.